The molecule has 0 aliphatic carbocycles. The Kier molecular flexibility index (Phi) is 7.47. The Morgan fingerprint density at radius 3 is 3.00 bits per heavy atom. The molecule has 1 N–H and O–H groups in total. The summed E-state index contributed by atoms with van der Waals surface area (Å²) in [4.78, 5) is 15.4. The molecular weight excluding hydrogens is 264 g/mol. The van der Waals surface area contributed by atoms with Crippen LogP contribution >= 0.6 is 0 Å². The SMILES string of the molecule is CCCC[S@@+]([O-])N[C@@H](CC(=O)OC)c1cccnc1. The van der Waals surface area contributed by atoms with Crippen molar-refractivity contribution in [3.05, 3.63) is 30.1 Å². The number of rotatable bonds is 8. The van der Waals surface area contributed by atoms with Crippen LogP contribution in [0.2, 0.25) is 0 Å². The number of pyridine rings is 1. The summed E-state index contributed by atoms with van der Waals surface area (Å²) in [7, 11) is 1.34. The summed E-state index contributed by atoms with van der Waals surface area (Å²) < 4.78 is 19.5. The van der Waals surface area contributed by atoms with Gasteiger partial charge in [0.25, 0.3) is 0 Å². The summed E-state index contributed by atoms with van der Waals surface area (Å²) in [6.45, 7) is 2.05. The molecule has 106 valence electrons. The molecule has 0 unspecified atom stereocenters. The van der Waals surface area contributed by atoms with E-state index in [2.05, 4.69) is 14.4 Å². The Morgan fingerprint density at radius 1 is 1.63 bits per heavy atom. The van der Waals surface area contributed by atoms with Crippen LogP contribution in [0, 0.1) is 0 Å². The van der Waals surface area contributed by atoms with Crippen molar-refractivity contribution < 1.29 is 14.1 Å². The van der Waals surface area contributed by atoms with Crippen LogP contribution in [0.5, 0.6) is 0 Å². The molecule has 2 atom stereocenters. The van der Waals surface area contributed by atoms with E-state index in [-0.39, 0.29) is 18.4 Å². The minimum Gasteiger partial charge on any atom is -0.598 e. The van der Waals surface area contributed by atoms with E-state index >= 15 is 0 Å². The van der Waals surface area contributed by atoms with Gasteiger partial charge in [-0.15, -0.1) is 4.72 Å². The molecule has 0 spiro atoms. The lowest BCUT2D eigenvalue weighted by Crippen LogP contribution is -2.32. The zero-order chi connectivity index (χ0) is 14.1. The standard InChI is InChI=1S/C13H20N2O3S/c1-3-4-8-19(17)15-12(9-13(16)18-2)11-6-5-7-14-10-11/h5-7,10,12,15H,3-4,8-9H2,1-2H3/t12-,19+/m0/s1. The summed E-state index contributed by atoms with van der Waals surface area (Å²) in [5.74, 6) is 0.239. The second kappa shape index (κ2) is 8.90. The number of methoxy groups -OCH3 is 1. The largest absolute Gasteiger partial charge is 0.598 e. The van der Waals surface area contributed by atoms with Crippen LogP contribution in [-0.2, 0) is 20.9 Å². The van der Waals surface area contributed by atoms with Crippen molar-refractivity contribution in [3.8, 4) is 0 Å². The number of hydrogen-bond acceptors (Lipinski definition) is 5. The number of aromatic nitrogens is 1. The molecule has 1 aromatic heterocycles. The van der Waals surface area contributed by atoms with Crippen molar-refractivity contribution in [2.75, 3.05) is 12.9 Å². The van der Waals surface area contributed by atoms with Crippen molar-refractivity contribution in [1.29, 1.82) is 0 Å². The first-order valence-electron chi connectivity index (χ1n) is 6.28. The van der Waals surface area contributed by atoms with Gasteiger partial charge in [-0.25, -0.2) is 0 Å². The first kappa shape index (κ1) is 15.9. The first-order valence-corrected chi connectivity index (χ1v) is 7.60. The van der Waals surface area contributed by atoms with Crippen molar-refractivity contribution >= 4 is 17.3 Å². The first-order chi connectivity index (χ1) is 9.17. The molecule has 0 amide bonds. The van der Waals surface area contributed by atoms with Crippen molar-refractivity contribution in [2.24, 2.45) is 0 Å². The van der Waals surface area contributed by atoms with Crippen LogP contribution in [0.4, 0.5) is 0 Å². The molecule has 0 bridgehead atoms. The molecule has 0 radical (unpaired) electrons. The van der Waals surface area contributed by atoms with E-state index in [1.165, 1.54) is 7.11 Å². The molecule has 0 saturated carbocycles. The van der Waals surface area contributed by atoms with Gasteiger partial charge >= 0.3 is 5.97 Å². The lowest BCUT2D eigenvalue weighted by Gasteiger charge is -2.19. The Balaban J connectivity index is 2.67. The Labute approximate surface area is 117 Å². The molecule has 1 heterocycles. The molecular formula is C13H20N2O3S. The highest BCUT2D eigenvalue weighted by molar-refractivity contribution is 7.89. The average molecular weight is 284 g/mol. The van der Waals surface area contributed by atoms with Crippen LogP contribution in [-0.4, -0.2) is 28.4 Å². The monoisotopic (exact) mass is 284 g/mol. The number of unbranched alkanes of at least 4 members (excludes halogenated alkanes) is 1. The van der Waals surface area contributed by atoms with Gasteiger partial charge < -0.3 is 9.29 Å². The quantitative estimate of drug-likeness (QED) is 0.581. The van der Waals surface area contributed by atoms with E-state index in [4.69, 9.17) is 0 Å². The van der Waals surface area contributed by atoms with Crippen LogP contribution in [0.3, 0.4) is 0 Å². The van der Waals surface area contributed by atoms with Crippen LogP contribution in [0.1, 0.15) is 37.8 Å². The van der Waals surface area contributed by atoms with Gasteiger partial charge in [-0.1, -0.05) is 19.4 Å². The molecule has 19 heavy (non-hydrogen) atoms. The minimum atomic E-state index is -1.15. The number of hydrogen-bond donors (Lipinski definition) is 1. The number of esters is 1. The topological polar surface area (TPSA) is 74.3 Å². The summed E-state index contributed by atoms with van der Waals surface area (Å²) in [6, 6.07) is 3.31. The molecule has 0 fully saturated rings. The molecule has 6 heteroatoms. The van der Waals surface area contributed by atoms with Gasteiger partial charge in [0.05, 0.1) is 19.6 Å². The zero-order valence-electron chi connectivity index (χ0n) is 11.3. The maximum absolute atomic E-state index is 11.9. The van der Waals surface area contributed by atoms with Crippen LogP contribution < -0.4 is 4.72 Å². The molecule has 1 rings (SSSR count). The van der Waals surface area contributed by atoms with E-state index in [1.807, 2.05) is 13.0 Å². The Morgan fingerprint density at radius 2 is 2.42 bits per heavy atom. The molecule has 0 aliphatic rings. The van der Waals surface area contributed by atoms with E-state index in [0.717, 1.165) is 18.4 Å². The third-order valence-corrected chi connectivity index (χ3v) is 3.85. The number of nitrogens with zero attached hydrogens (tertiary/aromatic N) is 1. The molecule has 0 aliphatic heterocycles. The maximum Gasteiger partial charge on any atom is 0.307 e. The summed E-state index contributed by atoms with van der Waals surface area (Å²) in [5, 5.41) is 0. The fraction of sp³-hybridized carbons (Fsp3) is 0.538. The molecule has 0 aromatic carbocycles. The third kappa shape index (κ3) is 6.04. The average Bonchev–Trinajstić information content (AvgIpc) is 2.45. The summed E-state index contributed by atoms with van der Waals surface area (Å²) in [5.41, 5.74) is 0.831. The normalized spacial score (nSPS) is 13.8. The second-order valence-electron chi connectivity index (χ2n) is 4.14. The molecule has 1 aromatic rings. The fourth-order valence-corrected chi connectivity index (χ4v) is 2.76. The van der Waals surface area contributed by atoms with E-state index in [9.17, 15) is 9.35 Å². The highest BCUT2D eigenvalue weighted by atomic mass is 32.2. The van der Waals surface area contributed by atoms with Crippen LogP contribution in [0.15, 0.2) is 24.5 Å². The van der Waals surface area contributed by atoms with Gasteiger partial charge in [0.1, 0.15) is 5.75 Å². The minimum absolute atomic E-state index is 0.139. The zero-order valence-corrected chi connectivity index (χ0v) is 12.1. The summed E-state index contributed by atoms with van der Waals surface area (Å²) in [6.07, 6.45) is 5.34. The highest BCUT2D eigenvalue weighted by Crippen LogP contribution is 2.17. The second-order valence-corrected chi connectivity index (χ2v) is 5.48. The fourth-order valence-electron chi connectivity index (χ4n) is 1.55. The van der Waals surface area contributed by atoms with Gasteiger partial charge in [0.2, 0.25) is 0 Å². The maximum atomic E-state index is 11.9. The highest BCUT2D eigenvalue weighted by Gasteiger charge is 2.21. The lowest BCUT2D eigenvalue weighted by atomic mass is 10.1. The number of nitrogens with one attached hydrogen (secondary N) is 1. The number of carbonyl (C=O) groups is 1. The lowest BCUT2D eigenvalue weighted by molar-refractivity contribution is -0.141. The van der Waals surface area contributed by atoms with Crippen molar-refractivity contribution in [2.45, 2.75) is 32.2 Å². The van der Waals surface area contributed by atoms with Gasteiger partial charge in [-0.3, -0.25) is 9.78 Å². The predicted octanol–water partition coefficient (Wildman–Crippen LogP) is 1.74. The van der Waals surface area contributed by atoms with Gasteiger partial charge in [-0.2, -0.15) is 0 Å². The predicted molar refractivity (Wildman–Crippen MR) is 74.7 cm³/mol. The van der Waals surface area contributed by atoms with E-state index in [1.54, 1.807) is 18.5 Å². The third-order valence-electron chi connectivity index (χ3n) is 2.64. The van der Waals surface area contributed by atoms with Crippen molar-refractivity contribution in [1.82, 2.24) is 9.71 Å². The molecule has 0 saturated heterocycles. The Bertz CT molecular complexity index is 375. The van der Waals surface area contributed by atoms with Gasteiger partial charge in [0.15, 0.2) is 0 Å². The van der Waals surface area contributed by atoms with E-state index in [0.29, 0.717) is 5.75 Å². The Hall–Kier alpha value is -1.11. The smallest absolute Gasteiger partial charge is 0.307 e. The number of carbonyl (C=O) groups excluding carboxylic acids is 1. The van der Waals surface area contributed by atoms with E-state index < -0.39 is 11.4 Å². The number of ether oxygens (including phenoxy) is 1. The van der Waals surface area contributed by atoms with Crippen LogP contribution in [0.25, 0.3) is 0 Å². The molecule has 5 nitrogen and oxygen atoms in total. The van der Waals surface area contributed by atoms with Crippen molar-refractivity contribution in [3.63, 3.8) is 0 Å². The van der Waals surface area contributed by atoms with Gasteiger partial charge in [0, 0.05) is 23.8 Å². The summed E-state index contributed by atoms with van der Waals surface area (Å²) >= 11 is -1.15. The van der Waals surface area contributed by atoms with Gasteiger partial charge in [-0.05, 0) is 18.1 Å².